The molecule has 0 radical (unpaired) electrons. The number of nitrogens with one attached hydrogen (secondary N) is 1. The summed E-state index contributed by atoms with van der Waals surface area (Å²) in [5.74, 6) is 0.963. The molecule has 2 aromatic rings. The van der Waals surface area contributed by atoms with Crippen molar-refractivity contribution in [1.29, 1.82) is 0 Å². The first-order valence-electron chi connectivity index (χ1n) is 9.65. The van der Waals surface area contributed by atoms with Gasteiger partial charge in [-0.2, -0.15) is 5.11 Å². The van der Waals surface area contributed by atoms with E-state index >= 15 is 0 Å². The molecule has 0 spiro atoms. The smallest absolute Gasteiger partial charge is 0.291 e. The standard InChI is InChI=1S/C22H23N3O3/c1-13-10-19(14(2)28-13)21(26)23-16-7-5-6-15(11-16)12-20-17-8-3-4-9-18(17)22(27)25-24-20/h5-7,10-11,20H,3-4,8-9,12H2,1-2H3,(H,23,26). The van der Waals surface area contributed by atoms with Crippen LogP contribution in [-0.2, 0) is 11.2 Å². The van der Waals surface area contributed by atoms with Crippen LogP contribution in [0.2, 0.25) is 0 Å². The molecule has 2 amide bonds. The van der Waals surface area contributed by atoms with Crippen LogP contribution < -0.4 is 5.32 Å². The van der Waals surface area contributed by atoms with Crippen LogP contribution in [0.1, 0.15) is 53.1 Å². The van der Waals surface area contributed by atoms with Gasteiger partial charge in [0.25, 0.3) is 11.8 Å². The zero-order valence-electron chi connectivity index (χ0n) is 16.1. The van der Waals surface area contributed by atoms with Gasteiger partial charge in [0.05, 0.1) is 11.6 Å². The SMILES string of the molecule is Cc1cc(C(=O)Nc2cccc(CC3N=NC(=O)C4=C3CCCC4)c2)c(C)o1. The summed E-state index contributed by atoms with van der Waals surface area (Å²) in [6.45, 7) is 3.60. The number of azo groups is 1. The van der Waals surface area contributed by atoms with E-state index in [-0.39, 0.29) is 17.9 Å². The first kappa shape index (κ1) is 18.3. The van der Waals surface area contributed by atoms with Crippen molar-refractivity contribution in [2.24, 2.45) is 10.2 Å². The van der Waals surface area contributed by atoms with E-state index in [0.29, 0.717) is 23.5 Å². The lowest BCUT2D eigenvalue weighted by atomic mass is 9.84. The highest BCUT2D eigenvalue weighted by atomic mass is 16.3. The first-order valence-corrected chi connectivity index (χ1v) is 9.65. The van der Waals surface area contributed by atoms with Gasteiger partial charge < -0.3 is 9.73 Å². The van der Waals surface area contributed by atoms with Crippen LogP contribution in [0, 0.1) is 13.8 Å². The van der Waals surface area contributed by atoms with Crippen LogP contribution in [-0.4, -0.2) is 17.9 Å². The summed E-state index contributed by atoms with van der Waals surface area (Å²) in [7, 11) is 0. The van der Waals surface area contributed by atoms with Crippen molar-refractivity contribution < 1.29 is 14.0 Å². The lowest BCUT2D eigenvalue weighted by molar-refractivity contribution is -0.115. The molecule has 0 saturated heterocycles. The van der Waals surface area contributed by atoms with Gasteiger partial charge in [-0.05, 0) is 68.9 Å². The van der Waals surface area contributed by atoms with Crippen LogP contribution in [0.15, 0.2) is 56.1 Å². The molecule has 6 nitrogen and oxygen atoms in total. The van der Waals surface area contributed by atoms with E-state index in [1.165, 1.54) is 0 Å². The fourth-order valence-corrected chi connectivity index (χ4v) is 4.01. The summed E-state index contributed by atoms with van der Waals surface area (Å²) < 4.78 is 5.44. The van der Waals surface area contributed by atoms with Crippen LogP contribution >= 0.6 is 0 Å². The summed E-state index contributed by atoms with van der Waals surface area (Å²) >= 11 is 0. The fraction of sp³-hybridized carbons (Fsp3) is 0.364. The minimum absolute atomic E-state index is 0.0854. The molecule has 144 valence electrons. The minimum atomic E-state index is -0.188. The zero-order valence-corrected chi connectivity index (χ0v) is 16.1. The Bertz CT molecular complexity index is 1000. The molecule has 1 atom stereocenters. The van der Waals surface area contributed by atoms with Crippen molar-refractivity contribution in [2.75, 3.05) is 5.32 Å². The van der Waals surface area contributed by atoms with E-state index in [9.17, 15) is 9.59 Å². The van der Waals surface area contributed by atoms with E-state index in [1.54, 1.807) is 13.0 Å². The molecule has 28 heavy (non-hydrogen) atoms. The number of nitrogens with zero attached hydrogens (tertiary/aromatic N) is 2. The summed E-state index contributed by atoms with van der Waals surface area (Å²) in [4.78, 5) is 24.5. The topological polar surface area (TPSA) is 84.0 Å². The van der Waals surface area contributed by atoms with Crippen molar-refractivity contribution in [3.63, 3.8) is 0 Å². The molecule has 2 heterocycles. The van der Waals surface area contributed by atoms with Gasteiger partial charge in [-0.25, -0.2) is 0 Å². The number of furan rings is 1. The van der Waals surface area contributed by atoms with Gasteiger partial charge in [0, 0.05) is 17.7 Å². The Morgan fingerprint density at radius 1 is 1.21 bits per heavy atom. The van der Waals surface area contributed by atoms with E-state index < -0.39 is 0 Å². The molecule has 0 bridgehead atoms. The van der Waals surface area contributed by atoms with Crippen LogP contribution in [0.5, 0.6) is 0 Å². The fourth-order valence-electron chi connectivity index (χ4n) is 4.01. The summed E-state index contributed by atoms with van der Waals surface area (Å²) in [5, 5.41) is 11.1. The van der Waals surface area contributed by atoms with Gasteiger partial charge in [0.15, 0.2) is 0 Å². The third-order valence-electron chi connectivity index (χ3n) is 5.36. The Balaban J connectivity index is 1.50. The van der Waals surface area contributed by atoms with Gasteiger partial charge in [-0.15, -0.1) is 5.11 Å². The Morgan fingerprint density at radius 2 is 2.04 bits per heavy atom. The first-order chi connectivity index (χ1) is 13.5. The van der Waals surface area contributed by atoms with Crippen molar-refractivity contribution >= 4 is 17.5 Å². The van der Waals surface area contributed by atoms with Crippen LogP contribution in [0.4, 0.5) is 5.69 Å². The number of aryl methyl sites for hydroxylation is 2. The molecular formula is C22H23N3O3. The maximum atomic E-state index is 12.5. The normalized spacial score (nSPS) is 18.9. The van der Waals surface area contributed by atoms with E-state index in [0.717, 1.165) is 48.1 Å². The Hall–Kier alpha value is -3.02. The monoisotopic (exact) mass is 377 g/mol. The zero-order chi connectivity index (χ0) is 19.7. The molecule has 1 unspecified atom stereocenters. The number of hydrogen-bond acceptors (Lipinski definition) is 4. The second-order valence-corrected chi connectivity index (χ2v) is 7.43. The molecule has 1 aromatic heterocycles. The third-order valence-corrected chi connectivity index (χ3v) is 5.36. The largest absolute Gasteiger partial charge is 0.466 e. The number of rotatable bonds is 4. The van der Waals surface area contributed by atoms with E-state index in [2.05, 4.69) is 15.5 Å². The predicted octanol–water partition coefficient (Wildman–Crippen LogP) is 4.92. The van der Waals surface area contributed by atoms with Crippen molar-refractivity contribution in [2.45, 2.75) is 52.0 Å². The molecular weight excluding hydrogens is 354 g/mol. The lowest BCUT2D eigenvalue weighted by Gasteiger charge is -2.25. The Morgan fingerprint density at radius 3 is 2.82 bits per heavy atom. The number of anilines is 1. The molecule has 0 fully saturated rings. The van der Waals surface area contributed by atoms with Crippen LogP contribution in [0.25, 0.3) is 0 Å². The van der Waals surface area contributed by atoms with Gasteiger partial charge in [0.1, 0.15) is 11.5 Å². The van der Waals surface area contributed by atoms with Gasteiger partial charge in [-0.3, -0.25) is 9.59 Å². The van der Waals surface area contributed by atoms with Crippen molar-refractivity contribution in [3.05, 3.63) is 64.1 Å². The highest BCUT2D eigenvalue weighted by Crippen LogP contribution is 2.33. The number of carbonyl (C=O) groups excluding carboxylic acids is 2. The van der Waals surface area contributed by atoms with E-state index in [4.69, 9.17) is 4.42 Å². The van der Waals surface area contributed by atoms with E-state index in [1.807, 2.05) is 31.2 Å². The third kappa shape index (κ3) is 3.67. The number of benzene rings is 1. The highest BCUT2D eigenvalue weighted by Gasteiger charge is 2.28. The average molecular weight is 377 g/mol. The van der Waals surface area contributed by atoms with Gasteiger partial charge >= 0.3 is 0 Å². The lowest BCUT2D eigenvalue weighted by Crippen LogP contribution is -2.23. The quantitative estimate of drug-likeness (QED) is 0.820. The Kier molecular flexibility index (Phi) is 4.94. The average Bonchev–Trinajstić information content (AvgIpc) is 3.03. The molecule has 6 heteroatoms. The minimum Gasteiger partial charge on any atom is -0.466 e. The Labute approximate surface area is 163 Å². The molecule has 1 aromatic carbocycles. The molecule has 4 rings (SSSR count). The second-order valence-electron chi connectivity index (χ2n) is 7.43. The maximum Gasteiger partial charge on any atom is 0.291 e. The molecule has 0 saturated carbocycles. The molecule has 1 aliphatic carbocycles. The predicted molar refractivity (Wildman–Crippen MR) is 105 cm³/mol. The number of carbonyl (C=O) groups is 2. The van der Waals surface area contributed by atoms with Crippen molar-refractivity contribution in [3.8, 4) is 0 Å². The van der Waals surface area contributed by atoms with Gasteiger partial charge in [-0.1, -0.05) is 12.1 Å². The maximum absolute atomic E-state index is 12.5. The van der Waals surface area contributed by atoms with Gasteiger partial charge in [0.2, 0.25) is 0 Å². The number of amides is 2. The number of hydrogen-bond donors (Lipinski definition) is 1. The molecule has 2 aliphatic rings. The molecule has 1 N–H and O–H groups in total. The molecule has 1 aliphatic heterocycles. The highest BCUT2D eigenvalue weighted by molar-refractivity contribution is 6.05. The summed E-state index contributed by atoms with van der Waals surface area (Å²) in [6.07, 6.45) is 4.53. The summed E-state index contributed by atoms with van der Waals surface area (Å²) in [6, 6.07) is 9.40. The van der Waals surface area contributed by atoms with Crippen LogP contribution in [0.3, 0.4) is 0 Å². The summed E-state index contributed by atoms with van der Waals surface area (Å²) in [5.41, 5.74) is 4.32. The second kappa shape index (κ2) is 7.54. The van der Waals surface area contributed by atoms with Crippen molar-refractivity contribution in [1.82, 2.24) is 0 Å².